The van der Waals surface area contributed by atoms with E-state index in [0.29, 0.717) is 16.9 Å². The van der Waals surface area contributed by atoms with Crippen LogP contribution in [-0.2, 0) is 4.79 Å². The molecule has 0 radical (unpaired) electrons. The zero-order valence-electron chi connectivity index (χ0n) is 17.9. The van der Waals surface area contributed by atoms with Crippen molar-refractivity contribution >= 4 is 40.2 Å². The van der Waals surface area contributed by atoms with Crippen molar-refractivity contribution in [1.82, 2.24) is 4.98 Å². The van der Waals surface area contributed by atoms with Crippen molar-refractivity contribution in [3.05, 3.63) is 70.9 Å². The SMILES string of the molecule is CC(=O)N1/C(=C\c2cc3cc(C)ccc3nc2N2CCCCC2)C(=O)c2ccccc21. The minimum atomic E-state index is -0.173. The third-order valence-corrected chi connectivity index (χ3v) is 6.10. The molecule has 5 heteroatoms. The Morgan fingerprint density at radius 1 is 1.03 bits per heavy atom. The van der Waals surface area contributed by atoms with Crippen LogP contribution in [0, 0.1) is 6.92 Å². The number of hydrogen-bond acceptors (Lipinski definition) is 4. The molecule has 1 amide bonds. The smallest absolute Gasteiger partial charge is 0.228 e. The number of fused-ring (bicyclic) bond motifs is 2. The Morgan fingerprint density at radius 2 is 1.81 bits per heavy atom. The number of ketones is 1. The van der Waals surface area contributed by atoms with Crippen LogP contribution in [0.4, 0.5) is 11.5 Å². The molecule has 0 atom stereocenters. The maximum atomic E-state index is 13.2. The third-order valence-electron chi connectivity index (χ3n) is 6.10. The number of rotatable bonds is 2. The van der Waals surface area contributed by atoms with Crippen LogP contribution in [0.1, 0.15) is 47.7 Å². The Balaban J connectivity index is 1.70. The first-order chi connectivity index (χ1) is 15.0. The summed E-state index contributed by atoms with van der Waals surface area (Å²) in [5, 5.41) is 1.03. The summed E-state index contributed by atoms with van der Waals surface area (Å²) in [6.07, 6.45) is 5.34. The van der Waals surface area contributed by atoms with E-state index in [-0.39, 0.29) is 11.7 Å². The number of para-hydroxylation sites is 1. The summed E-state index contributed by atoms with van der Waals surface area (Å²) in [7, 11) is 0. The van der Waals surface area contributed by atoms with E-state index in [1.54, 1.807) is 6.07 Å². The van der Waals surface area contributed by atoms with Crippen LogP contribution in [-0.4, -0.2) is 29.8 Å². The number of anilines is 2. The summed E-state index contributed by atoms with van der Waals surface area (Å²) in [5.74, 6) is 0.587. The van der Waals surface area contributed by atoms with E-state index in [9.17, 15) is 9.59 Å². The lowest BCUT2D eigenvalue weighted by Gasteiger charge is -2.29. The lowest BCUT2D eigenvalue weighted by Crippen LogP contribution is -2.31. The Labute approximate surface area is 182 Å². The Kier molecular flexibility index (Phi) is 4.81. The van der Waals surface area contributed by atoms with Crippen LogP contribution < -0.4 is 9.80 Å². The molecule has 2 aliphatic rings. The van der Waals surface area contributed by atoms with Gasteiger partial charge >= 0.3 is 0 Å². The molecule has 5 nitrogen and oxygen atoms in total. The minimum absolute atomic E-state index is 0.125. The number of allylic oxidation sites excluding steroid dienone is 1. The molecule has 31 heavy (non-hydrogen) atoms. The molecule has 2 aliphatic heterocycles. The van der Waals surface area contributed by atoms with Crippen LogP contribution in [0.5, 0.6) is 0 Å². The van der Waals surface area contributed by atoms with Crippen LogP contribution in [0.3, 0.4) is 0 Å². The van der Waals surface area contributed by atoms with Crippen molar-refractivity contribution in [3.8, 4) is 0 Å². The molecule has 0 unspecified atom stereocenters. The van der Waals surface area contributed by atoms with E-state index < -0.39 is 0 Å². The zero-order chi connectivity index (χ0) is 21.5. The number of amides is 1. The van der Waals surface area contributed by atoms with E-state index in [4.69, 9.17) is 4.98 Å². The van der Waals surface area contributed by atoms with E-state index in [2.05, 4.69) is 30.0 Å². The molecule has 3 aromatic rings. The fourth-order valence-corrected chi connectivity index (χ4v) is 4.61. The standard InChI is InChI=1S/C26H25N3O2/c1-17-10-11-22-19(14-17)15-20(26(27-22)28-12-6-3-7-13-28)16-24-25(31)21-8-4-5-9-23(21)29(24)18(2)30/h4-5,8-11,14-16H,3,6-7,12-13H2,1-2H3/b24-16-. The Bertz CT molecular complexity index is 1240. The van der Waals surface area contributed by atoms with Gasteiger partial charge in [-0.25, -0.2) is 4.98 Å². The van der Waals surface area contributed by atoms with Gasteiger partial charge in [0.2, 0.25) is 11.7 Å². The van der Waals surface area contributed by atoms with E-state index >= 15 is 0 Å². The fraction of sp³-hybridized carbons (Fsp3) is 0.269. The molecule has 2 aromatic carbocycles. The van der Waals surface area contributed by atoms with Gasteiger partial charge < -0.3 is 4.90 Å². The van der Waals surface area contributed by atoms with Gasteiger partial charge in [0.15, 0.2) is 0 Å². The second kappa shape index (κ2) is 7.65. The maximum absolute atomic E-state index is 13.2. The predicted octanol–water partition coefficient (Wildman–Crippen LogP) is 5.12. The third kappa shape index (κ3) is 3.40. The number of carbonyl (C=O) groups is 2. The molecule has 1 aromatic heterocycles. The number of benzene rings is 2. The average Bonchev–Trinajstić information content (AvgIpc) is 3.06. The first-order valence-electron chi connectivity index (χ1n) is 10.9. The molecule has 3 heterocycles. The predicted molar refractivity (Wildman–Crippen MR) is 124 cm³/mol. The second-order valence-electron chi connectivity index (χ2n) is 8.38. The zero-order valence-corrected chi connectivity index (χ0v) is 17.9. The molecule has 156 valence electrons. The fourth-order valence-electron chi connectivity index (χ4n) is 4.61. The van der Waals surface area contributed by atoms with Crippen LogP contribution in [0.15, 0.2) is 54.2 Å². The van der Waals surface area contributed by atoms with Gasteiger partial charge in [-0.05, 0) is 62.6 Å². The molecule has 0 saturated carbocycles. The van der Waals surface area contributed by atoms with Gasteiger partial charge in [0.05, 0.1) is 16.9 Å². The van der Waals surface area contributed by atoms with E-state index in [0.717, 1.165) is 53.8 Å². The van der Waals surface area contributed by atoms with Crippen LogP contribution in [0.25, 0.3) is 17.0 Å². The average molecular weight is 412 g/mol. The summed E-state index contributed by atoms with van der Waals surface area (Å²) in [4.78, 5) is 34.6. The van der Waals surface area contributed by atoms with Crippen molar-refractivity contribution in [1.29, 1.82) is 0 Å². The number of Topliss-reactive ketones (excluding diaryl/α,β-unsaturated/α-hetero) is 1. The number of nitrogens with zero attached hydrogens (tertiary/aromatic N) is 3. The monoisotopic (exact) mass is 411 g/mol. The molecular weight excluding hydrogens is 386 g/mol. The summed E-state index contributed by atoms with van der Waals surface area (Å²) in [6, 6.07) is 15.6. The van der Waals surface area contributed by atoms with Gasteiger partial charge in [-0.15, -0.1) is 0 Å². The topological polar surface area (TPSA) is 53.5 Å². The number of aryl methyl sites for hydroxylation is 1. The van der Waals surface area contributed by atoms with Crippen molar-refractivity contribution < 1.29 is 9.59 Å². The first-order valence-corrected chi connectivity index (χ1v) is 10.9. The van der Waals surface area contributed by atoms with E-state index in [1.807, 2.05) is 30.3 Å². The van der Waals surface area contributed by atoms with Crippen molar-refractivity contribution in [2.75, 3.05) is 22.9 Å². The molecule has 0 aliphatic carbocycles. The molecule has 0 bridgehead atoms. The first kappa shape index (κ1) is 19.5. The highest BCUT2D eigenvalue weighted by molar-refractivity contribution is 6.26. The number of carbonyl (C=O) groups excluding carboxylic acids is 2. The van der Waals surface area contributed by atoms with Gasteiger partial charge in [0.1, 0.15) is 5.82 Å². The normalized spacial score (nSPS) is 17.5. The quantitative estimate of drug-likeness (QED) is 0.549. The maximum Gasteiger partial charge on any atom is 0.228 e. The number of pyridine rings is 1. The summed E-state index contributed by atoms with van der Waals surface area (Å²) in [5.41, 5.74) is 4.58. The lowest BCUT2D eigenvalue weighted by molar-refractivity contribution is -0.116. The summed E-state index contributed by atoms with van der Waals surface area (Å²) in [6.45, 7) is 5.46. The van der Waals surface area contributed by atoms with Gasteiger partial charge in [-0.1, -0.05) is 23.8 Å². The highest BCUT2D eigenvalue weighted by Crippen LogP contribution is 2.37. The molecule has 0 spiro atoms. The molecule has 0 N–H and O–H groups in total. The number of hydrogen-bond donors (Lipinski definition) is 0. The highest BCUT2D eigenvalue weighted by Gasteiger charge is 2.34. The van der Waals surface area contributed by atoms with Crippen molar-refractivity contribution in [2.24, 2.45) is 0 Å². The Morgan fingerprint density at radius 3 is 2.58 bits per heavy atom. The lowest BCUT2D eigenvalue weighted by atomic mass is 10.0. The molecule has 5 rings (SSSR count). The summed E-state index contributed by atoms with van der Waals surface area (Å²) < 4.78 is 0. The highest BCUT2D eigenvalue weighted by atomic mass is 16.2. The largest absolute Gasteiger partial charge is 0.356 e. The molecule has 1 fully saturated rings. The van der Waals surface area contributed by atoms with Crippen LogP contribution in [0.2, 0.25) is 0 Å². The van der Waals surface area contributed by atoms with Gasteiger partial charge in [-0.3, -0.25) is 14.5 Å². The second-order valence-corrected chi connectivity index (χ2v) is 8.38. The molecule has 1 saturated heterocycles. The number of aromatic nitrogens is 1. The number of piperidine rings is 1. The minimum Gasteiger partial charge on any atom is -0.356 e. The Hall–Kier alpha value is -3.47. The van der Waals surface area contributed by atoms with Crippen molar-refractivity contribution in [3.63, 3.8) is 0 Å². The van der Waals surface area contributed by atoms with E-state index in [1.165, 1.54) is 18.2 Å². The van der Waals surface area contributed by atoms with Gasteiger partial charge in [-0.2, -0.15) is 0 Å². The summed E-state index contributed by atoms with van der Waals surface area (Å²) >= 11 is 0. The van der Waals surface area contributed by atoms with Gasteiger partial charge in [0, 0.05) is 36.5 Å². The van der Waals surface area contributed by atoms with Crippen LogP contribution >= 0.6 is 0 Å². The molecular formula is C26H25N3O2. The van der Waals surface area contributed by atoms with Crippen molar-refractivity contribution in [2.45, 2.75) is 33.1 Å². The van der Waals surface area contributed by atoms with Gasteiger partial charge in [0.25, 0.3) is 0 Å².